The molecule has 1 aromatic rings. The summed E-state index contributed by atoms with van der Waals surface area (Å²) in [7, 11) is -3.79. The van der Waals surface area contributed by atoms with Crippen molar-refractivity contribution in [3.05, 3.63) is 18.2 Å². The molecule has 6 N–H and O–H groups in total. The maximum atomic E-state index is 11.5. The molecule has 0 bridgehead atoms. The summed E-state index contributed by atoms with van der Waals surface area (Å²) in [5.41, 5.74) is 6.43. The number of carbonyl (C=O) groups is 1. The predicted octanol–water partition coefficient (Wildman–Crippen LogP) is -0.393. The van der Waals surface area contributed by atoms with Crippen LogP contribution in [-0.2, 0) is 14.8 Å². The molecule has 0 unspecified atom stereocenters. The molecule has 0 spiro atoms. The maximum Gasteiger partial charge on any atom is 0.239 e. The summed E-state index contributed by atoms with van der Waals surface area (Å²) in [6, 6.07) is 4.35. The van der Waals surface area contributed by atoms with Crippen LogP contribution < -0.4 is 21.5 Å². The van der Waals surface area contributed by atoms with Gasteiger partial charge in [0.05, 0.1) is 22.8 Å². The lowest BCUT2D eigenvalue weighted by Crippen LogP contribution is -2.31. The SMILES string of the molecule is Nc1ccc(S(N)(=O)=O)cc1NCC(=O)NC1CC1. The fourth-order valence-corrected chi connectivity index (χ4v) is 2.09. The van der Waals surface area contributed by atoms with Crippen molar-refractivity contribution in [3.8, 4) is 0 Å². The van der Waals surface area contributed by atoms with E-state index >= 15 is 0 Å². The zero-order chi connectivity index (χ0) is 14.0. The number of carbonyl (C=O) groups excluding carboxylic acids is 1. The van der Waals surface area contributed by atoms with Gasteiger partial charge in [0.1, 0.15) is 0 Å². The number of primary sulfonamides is 1. The van der Waals surface area contributed by atoms with Crippen LogP contribution in [0.3, 0.4) is 0 Å². The quantitative estimate of drug-likeness (QED) is 0.547. The highest BCUT2D eigenvalue weighted by atomic mass is 32.2. The molecule has 0 aliphatic heterocycles. The van der Waals surface area contributed by atoms with Gasteiger partial charge < -0.3 is 16.4 Å². The molecule has 0 radical (unpaired) electrons. The van der Waals surface area contributed by atoms with E-state index in [-0.39, 0.29) is 23.4 Å². The monoisotopic (exact) mass is 284 g/mol. The molecule has 1 aliphatic rings. The van der Waals surface area contributed by atoms with Crippen molar-refractivity contribution in [2.45, 2.75) is 23.8 Å². The second-order valence-corrected chi connectivity index (χ2v) is 6.05. The van der Waals surface area contributed by atoms with E-state index < -0.39 is 10.0 Å². The van der Waals surface area contributed by atoms with Gasteiger partial charge >= 0.3 is 0 Å². The molecule has 1 amide bonds. The summed E-state index contributed by atoms with van der Waals surface area (Å²) in [4.78, 5) is 11.5. The summed E-state index contributed by atoms with van der Waals surface area (Å²) in [6.45, 7) is 0.0365. The molecule has 0 atom stereocenters. The number of rotatable bonds is 5. The van der Waals surface area contributed by atoms with E-state index in [1.807, 2.05) is 0 Å². The van der Waals surface area contributed by atoms with E-state index in [4.69, 9.17) is 10.9 Å². The minimum atomic E-state index is -3.79. The Hall–Kier alpha value is -1.80. The highest BCUT2D eigenvalue weighted by Crippen LogP contribution is 2.22. The van der Waals surface area contributed by atoms with Crippen molar-refractivity contribution in [1.29, 1.82) is 0 Å². The molecule has 1 saturated carbocycles. The van der Waals surface area contributed by atoms with Crippen LogP contribution in [0.2, 0.25) is 0 Å². The fraction of sp³-hybridized carbons (Fsp3) is 0.364. The number of nitrogens with two attached hydrogens (primary N) is 2. The first-order valence-electron chi connectivity index (χ1n) is 5.82. The predicted molar refractivity (Wildman–Crippen MR) is 71.9 cm³/mol. The molecule has 7 nitrogen and oxygen atoms in total. The number of hydrogen-bond acceptors (Lipinski definition) is 5. The summed E-state index contributed by atoms with van der Waals surface area (Å²) in [5, 5.41) is 10.6. The molecule has 104 valence electrons. The van der Waals surface area contributed by atoms with Gasteiger partial charge in [-0.2, -0.15) is 0 Å². The van der Waals surface area contributed by atoms with Crippen LogP contribution in [-0.4, -0.2) is 26.9 Å². The first kappa shape index (κ1) is 13.6. The molecule has 1 aliphatic carbocycles. The molecule has 2 rings (SSSR count). The Morgan fingerprint density at radius 3 is 2.63 bits per heavy atom. The van der Waals surface area contributed by atoms with Gasteiger partial charge in [-0.3, -0.25) is 4.79 Å². The topological polar surface area (TPSA) is 127 Å². The number of amides is 1. The van der Waals surface area contributed by atoms with E-state index in [2.05, 4.69) is 10.6 Å². The van der Waals surface area contributed by atoms with Gasteiger partial charge in [0, 0.05) is 6.04 Å². The molecule has 0 heterocycles. The largest absolute Gasteiger partial charge is 0.397 e. The van der Waals surface area contributed by atoms with E-state index in [1.165, 1.54) is 18.2 Å². The van der Waals surface area contributed by atoms with Crippen LogP contribution in [0.1, 0.15) is 12.8 Å². The zero-order valence-electron chi connectivity index (χ0n) is 10.2. The fourth-order valence-electron chi connectivity index (χ4n) is 1.55. The molecule has 0 saturated heterocycles. The van der Waals surface area contributed by atoms with Gasteiger partial charge in [-0.05, 0) is 31.0 Å². The summed E-state index contributed by atoms with van der Waals surface area (Å²) in [6.07, 6.45) is 2.02. The number of nitrogen functional groups attached to an aromatic ring is 1. The van der Waals surface area contributed by atoms with E-state index in [0.717, 1.165) is 12.8 Å². The van der Waals surface area contributed by atoms with Crippen molar-refractivity contribution in [1.82, 2.24) is 5.32 Å². The van der Waals surface area contributed by atoms with Crippen molar-refractivity contribution < 1.29 is 13.2 Å². The maximum absolute atomic E-state index is 11.5. The van der Waals surface area contributed by atoms with Crippen molar-refractivity contribution in [3.63, 3.8) is 0 Å². The molecule has 1 fully saturated rings. The molecule has 1 aromatic carbocycles. The normalized spacial score (nSPS) is 15.0. The number of benzene rings is 1. The smallest absolute Gasteiger partial charge is 0.239 e. The summed E-state index contributed by atoms with van der Waals surface area (Å²) >= 11 is 0. The zero-order valence-corrected chi connectivity index (χ0v) is 11.0. The number of anilines is 2. The molecule has 19 heavy (non-hydrogen) atoms. The lowest BCUT2D eigenvalue weighted by Gasteiger charge is -2.10. The van der Waals surface area contributed by atoms with Crippen LogP contribution in [0.25, 0.3) is 0 Å². The highest BCUT2D eigenvalue weighted by Gasteiger charge is 2.23. The van der Waals surface area contributed by atoms with Gasteiger partial charge in [0.25, 0.3) is 0 Å². The Morgan fingerprint density at radius 1 is 1.37 bits per heavy atom. The Labute approximate surface area is 111 Å². The number of sulfonamides is 1. The average molecular weight is 284 g/mol. The van der Waals surface area contributed by atoms with Crippen LogP contribution in [0.4, 0.5) is 11.4 Å². The van der Waals surface area contributed by atoms with Gasteiger partial charge in [0.15, 0.2) is 0 Å². The first-order valence-corrected chi connectivity index (χ1v) is 7.36. The lowest BCUT2D eigenvalue weighted by molar-refractivity contribution is -0.119. The third kappa shape index (κ3) is 3.83. The third-order valence-electron chi connectivity index (χ3n) is 2.74. The van der Waals surface area contributed by atoms with E-state index in [0.29, 0.717) is 11.4 Å². The Morgan fingerprint density at radius 2 is 2.05 bits per heavy atom. The molecule has 0 aromatic heterocycles. The summed E-state index contributed by atoms with van der Waals surface area (Å²) < 4.78 is 22.4. The Bertz CT molecular complexity index is 596. The molecular weight excluding hydrogens is 268 g/mol. The van der Waals surface area contributed by atoms with Crippen molar-refractivity contribution in [2.75, 3.05) is 17.6 Å². The van der Waals surface area contributed by atoms with Crippen molar-refractivity contribution in [2.24, 2.45) is 5.14 Å². The van der Waals surface area contributed by atoms with Gasteiger partial charge in [-0.15, -0.1) is 0 Å². The highest BCUT2D eigenvalue weighted by molar-refractivity contribution is 7.89. The minimum absolute atomic E-state index is 0.0365. The van der Waals surface area contributed by atoms with Crippen LogP contribution in [0.5, 0.6) is 0 Å². The van der Waals surface area contributed by atoms with Crippen LogP contribution >= 0.6 is 0 Å². The third-order valence-corrected chi connectivity index (χ3v) is 3.65. The van der Waals surface area contributed by atoms with Crippen LogP contribution in [0, 0.1) is 0 Å². The second kappa shape index (κ2) is 5.06. The van der Waals surface area contributed by atoms with Gasteiger partial charge in [-0.25, -0.2) is 13.6 Å². The van der Waals surface area contributed by atoms with Gasteiger partial charge in [-0.1, -0.05) is 0 Å². The number of nitrogens with one attached hydrogen (secondary N) is 2. The Kier molecular flexibility index (Phi) is 3.63. The minimum Gasteiger partial charge on any atom is -0.397 e. The van der Waals surface area contributed by atoms with E-state index in [1.54, 1.807) is 0 Å². The number of hydrogen-bond donors (Lipinski definition) is 4. The second-order valence-electron chi connectivity index (χ2n) is 4.49. The molecular formula is C11H16N4O3S. The standard InChI is InChI=1S/C11H16N4O3S/c12-9-4-3-8(19(13,17)18)5-10(9)14-6-11(16)15-7-1-2-7/h3-5,7,14H,1-2,6,12H2,(H,15,16)(H2,13,17,18). The average Bonchev–Trinajstić information content (AvgIpc) is 3.10. The molecule has 8 heteroatoms. The first-order chi connectivity index (χ1) is 8.86. The van der Waals surface area contributed by atoms with Crippen LogP contribution in [0.15, 0.2) is 23.1 Å². The lowest BCUT2D eigenvalue weighted by atomic mass is 10.2. The van der Waals surface area contributed by atoms with Gasteiger partial charge in [0.2, 0.25) is 15.9 Å². The Balaban J connectivity index is 2.04. The summed E-state index contributed by atoms with van der Waals surface area (Å²) in [5.74, 6) is -0.150. The van der Waals surface area contributed by atoms with E-state index in [9.17, 15) is 13.2 Å². The van der Waals surface area contributed by atoms with Crippen molar-refractivity contribution >= 4 is 27.3 Å².